The Balaban J connectivity index is 1.79. The zero-order valence-electron chi connectivity index (χ0n) is 16.9. The number of pyridine rings is 3. The van der Waals surface area contributed by atoms with Crippen LogP contribution < -0.4 is 10.6 Å². The monoisotopic (exact) mass is 463 g/mol. The second kappa shape index (κ2) is 9.31. The fourth-order valence-electron chi connectivity index (χ4n) is 2.65. The average Bonchev–Trinajstić information content (AvgIpc) is 2.74. The van der Waals surface area contributed by atoms with Crippen LogP contribution in [0.15, 0.2) is 48.9 Å². The second-order valence-corrected chi connectivity index (χ2v) is 7.40. The van der Waals surface area contributed by atoms with Gasteiger partial charge in [0, 0.05) is 29.4 Å². The number of halogens is 4. The fourth-order valence-corrected chi connectivity index (χ4v) is 2.80. The van der Waals surface area contributed by atoms with E-state index < -0.39 is 17.6 Å². The van der Waals surface area contributed by atoms with Crippen LogP contribution in [0.4, 0.5) is 30.5 Å². The molecule has 0 aliphatic carbocycles. The Morgan fingerprint density at radius 3 is 2.38 bits per heavy atom. The van der Waals surface area contributed by atoms with Crippen LogP contribution in [0.25, 0.3) is 0 Å². The summed E-state index contributed by atoms with van der Waals surface area (Å²) in [6, 6.07) is 6.25. The van der Waals surface area contributed by atoms with E-state index in [0.29, 0.717) is 6.20 Å². The molecule has 2 N–H and O–H groups in total. The molecular weight excluding hydrogens is 447 g/mol. The van der Waals surface area contributed by atoms with Gasteiger partial charge in [0.2, 0.25) is 0 Å². The van der Waals surface area contributed by atoms with Gasteiger partial charge in [-0.25, -0.2) is 15.0 Å². The Labute approximate surface area is 186 Å². The highest BCUT2D eigenvalue weighted by Gasteiger charge is 2.30. The van der Waals surface area contributed by atoms with Crippen molar-refractivity contribution in [1.82, 2.24) is 15.0 Å². The number of ketones is 1. The highest BCUT2D eigenvalue weighted by atomic mass is 35.5. The summed E-state index contributed by atoms with van der Waals surface area (Å²) in [5.41, 5.74) is -0.261. The molecule has 0 unspecified atom stereocenters. The molecule has 11 heteroatoms. The van der Waals surface area contributed by atoms with Crippen molar-refractivity contribution in [1.29, 1.82) is 0 Å². The first-order valence-corrected chi connectivity index (χ1v) is 9.70. The summed E-state index contributed by atoms with van der Waals surface area (Å²) < 4.78 is 38.0. The number of amides is 1. The predicted molar refractivity (Wildman–Crippen MR) is 113 cm³/mol. The minimum atomic E-state index is -4.49. The van der Waals surface area contributed by atoms with Crippen molar-refractivity contribution in [2.75, 3.05) is 10.6 Å². The van der Waals surface area contributed by atoms with Crippen LogP contribution in [0, 0.1) is 5.92 Å². The van der Waals surface area contributed by atoms with Crippen LogP contribution >= 0.6 is 11.6 Å². The van der Waals surface area contributed by atoms with Gasteiger partial charge >= 0.3 is 6.18 Å². The Morgan fingerprint density at radius 2 is 1.75 bits per heavy atom. The maximum absolute atomic E-state index is 12.7. The molecule has 166 valence electrons. The number of rotatable bonds is 6. The van der Waals surface area contributed by atoms with Gasteiger partial charge in [0.25, 0.3) is 5.91 Å². The number of alkyl halides is 3. The van der Waals surface area contributed by atoms with Gasteiger partial charge in [-0.1, -0.05) is 25.4 Å². The van der Waals surface area contributed by atoms with Gasteiger partial charge in [0.05, 0.1) is 17.4 Å². The third-order valence-electron chi connectivity index (χ3n) is 4.28. The van der Waals surface area contributed by atoms with Crippen molar-refractivity contribution >= 4 is 40.6 Å². The number of hydrogen-bond donors (Lipinski definition) is 2. The molecule has 0 saturated heterocycles. The lowest BCUT2D eigenvalue weighted by molar-refractivity contribution is -0.137. The van der Waals surface area contributed by atoms with Crippen molar-refractivity contribution in [3.05, 3.63) is 70.8 Å². The Kier molecular flexibility index (Phi) is 6.73. The summed E-state index contributed by atoms with van der Waals surface area (Å²) in [7, 11) is 0. The van der Waals surface area contributed by atoms with E-state index in [0.717, 1.165) is 12.1 Å². The SMILES string of the molecule is CC(C)C(=O)c1cc(Cl)ncc1NC(=O)c1ccnc(Nc2ccc(C(F)(F)F)cn2)c1. The lowest BCUT2D eigenvalue weighted by atomic mass is 10.0. The van der Waals surface area contributed by atoms with Crippen LogP contribution in [-0.2, 0) is 6.18 Å². The lowest BCUT2D eigenvalue weighted by Crippen LogP contribution is -2.17. The van der Waals surface area contributed by atoms with Crippen LogP contribution in [0.2, 0.25) is 5.15 Å². The molecule has 0 radical (unpaired) electrons. The summed E-state index contributed by atoms with van der Waals surface area (Å²) >= 11 is 5.89. The minimum absolute atomic E-state index is 0.117. The van der Waals surface area contributed by atoms with Gasteiger partial charge in [-0.2, -0.15) is 13.2 Å². The zero-order chi connectivity index (χ0) is 23.5. The van der Waals surface area contributed by atoms with Crippen molar-refractivity contribution in [3.63, 3.8) is 0 Å². The van der Waals surface area contributed by atoms with E-state index in [1.54, 1.807) is 13.8 Å². The lowest BCUT2D eigenvalue weighted by Gasteiger charge is -2.13. The van der Waals surface area contributed by atoms with Crippen molar-refractivity contribution in [2.24, 2.45) is 5.92 Å². The van der Waals surface area contributed by atoms with Crippen LogP contribution in [-0.4, -0.2) is 26.6 Å². The highest BCUT2D eigenvalue weighted by Crippen LogP contribution is 2.29. The molecule has 32 heavy (non-hydrogen) atoms. The summed E-state index contributed by atoms with van der Waals surface area (Å²) in [6.07, 6.45) is -1.16. The smallest absolute Gasteiger partial charge is 0.325 e. The number of aromatic nitrogens is 3. The van der Waals surface area contributed by atoms with Gasteiger partial charge in [-0.05, 0) is 30.3 Å². The Bertz CT molecular complexity index is 1150. The molecule has 0 spiro atoms. The zero-order valence-corrected chi connectivity index (χ0v) is 17.6. The van der Waals surface area contributed by atoms with E-state index in [4.69, 9.17) is 11.6 Å². The molecule has 3 rings (SSSR count). The third-order valence-corrected chi connectivity index (χ3v) is 4.48. The van der Waals surface area contributed by atoms with Gasteiger partial charge in [0.15, 0.2) is 5.78 Å². The number of anilines is 3. The Hall–Kier alpha value is -3.53. The first-order chi connectivity index (χ1) is 15.0. The van der Waals surface area contributed by atoms with Gasteiger partial charge in [-0.15, -0.1) is 0 Å². The normalized spacial score (nSPS) is 11.3. The van der Waals surface area contributed by atoms with Crippen molar-refractivity contribution < 1.29 is 22.8 Å². The average molecular weight is 464 g/mol. The van der Waals surface area contributed by atoms with Crippen LogP contribution in [0.3, 0.4) is 0 Å². The molecule has 3 heterocycles. The molecule has 0 bridgehead atoms. The maximum Gasteiger partial charge on any atom is 0.417 e. The number of carbonyl (C=O) groups excluding carboxylic acids is 2. The van der Waals surface area contributed by atoms with E-state index >= 15 is 0 Å². The third kappa shape index (κ3) is 5.58. The maximum atomic E-state index is 12.7. The van der Waals surface area contributed by atoms with E-state index in [2.05, 4.69) is 25.6 Å². The van der Waals surface area contributed by atoms with Gasteiger partial charge < -0.3 is 10.6 Å². The van der Waals surface area contributed by atoms with Crippen LogP contribution in [0.1, 0.15) is 40.1 Å². The van der Waals surface area contributed by atoms with Crippen LogP contribution in [0.5, 0.6) is 0 Å². The molecular formula is C21H17ClF3N5O2. The van der Waals surface area contributed by atoms with Crippen molar-refractivity contribution in [2.45, 2.75) is 20.0 Å². The quantitative estimate of drug-likeness (QED) is 0.376. The largest absolute Gasteiger partial charge is 0.417 e. The number of nitrogens with one attached hydrogen (secondary N) is 2. The number of Topliss-reactive ketones (excluding diaryl/α,β-unsaturated/α-hetero) is 1. The minimum Gasteiger partial charge on any atom is -0.325 e. The summed E-state index contributed by atoms with van der Waals surface area (Å²) in [6.45, 7) is 3.44. The van der Waals surface area contributed by atoms with E-state index in [9.17, 15) is 22.8 Å². The standard InChI is InChI=1S/C21H17ClF3N5O2/c1-11(2)19(31)14-8-16(22)27-10-15(14)29-20(32)12-5-6-26-18(7-12)30-17-4-3-13(9-28-17)21(23,24)25/h3-11H,1-2H3,(H,29,32)(H,26,28,30). The van der Waals surface area contributed by atoms with E-state index in [-0.39, 0.29) is 45.3 Å². The summed E-state index contributed by atoms with van der Waals surface area (Å²) in [4.78, 5) is 36.8. The van der Waals surface area contributed by atoms with E-state index in [1.165, 1.54) is 30.6 Å². The van der Waals surface area contributed by atoms with Crippen molar-refractivity contribution in [3.8, 4) is 0 Å². The molecule has 1 amide bonds. The molecule has 7 nitrogen and oxygen atoms in total. The first-order valence-electron chi connectivity index (χ1n) is 9.32. The molecule has 0 aliphatic heterocycles. The van der Waals surface area contributed by atoms with Gasteiger partial charge in [-0.3, -0.25) is 9.59 Å². The number of hydrogen-bond acceptors (Lipinski definition) is 6. The summed E-state index contributed by atoms with van der Waals surface area (Å²) in [5.74, 6) is -0.766. The van der Waals surface area contributed by atoms with E-state index in [1.807, 2.05) is 0 Å². The molecule has 0 aromatic carbocycles. The molecule has 0 aliphatic rings. The predicted octanol–water partition coefficient (Wildman–Crippen LogP) is 5.38. The molecule has 0 atom stereocenters. The fraction of sp³-hybridized carbons (Fsp3) is 0.190. The highest BCUT2D eigenvalue weighted by molar-refractivity contribution is 6.30. The number of carbonyl (C=O) groups is 2. The van der Waals surface area contributed by atoms with Gasteiger partial charge in [0.1, 0.15) is 16.8 Å². The Morgan fingerprint density at radius 1 is 1.00 bits per heavy atom. The second-order valence-electron chi connectivity index (χ2n) is 7.01. The molecule has 3 aromatic heterocycles. The summed E-state index contributed by atoms with van der Waals surface area (Å²) in [5, 5.41) is 5.49. The molecule has 3 aromatic rings. The topological polar surface area (TPSA) is 96.9 Å². The number of nitrogens with zero attached hydrogens (tertiary/aromatic N) is 3. The molecule has 0 saturated carbocycles. The first kappa shape index (κ1) is 23.1. The molecule has 0 fully saturated rings.